The Morgan fingerprint density at radius 2 is 1.95 bits per heavy atom. The van der Waals surface area contributed by atoms with E-state index in [-0.39, 0.29) is 19.8 Å². The van der Waals surface area contributed by atoms with Crippen LogP contribution in [-0.4, -0.2) is 43.0 Å². The first kappa shape index (κ1) is 29.1. The molecule has 0 aliphatic carbocycles. The molecule has 10 nitrogen and oxygen atoms in total. The van der Waals surface area contributed by atoms with Crippen LogP contribution in [0.2, 0.25) is 0 Å². The van der Waals surface area contributed by atoms with Crippen molar-refractivity contribution < 1.29 is 23.8 Å². The van der Waals surface area contributed by atoms with Crippen molar-refractivity contribution in [3.63, 3.8) is 0 Å². The van der Waals surface area contributed by atoms with E-state index in [2.05, 4.69) is 53.0 Å². The summed E-state index contributed by atoms with van der Waals surface area (Å²) in [6, 6.07) is 11.8. The number of benzene rings is 2. The van der Waals surface area contributed by atoms with Crippen LogP contribution in [0.1, 0.15) is 31.0 Å². The molecule has 1 aliphatic rings. The molecule has 13 heteroatoms. The van der Waals surface area contributed by atoms with Crippen molar-refractivity contribution in [2.24, 2.45) is 5.10 Å². The normalized spacial score (nSPS) is 14.8. The lowest BCUT2D eigenvalue weighted by molar-refractivity contribution is -0.139. The number of hydrogen-bond donors (Lipinski definition) is 3. The summed E-state index contributed by atoms with van der Waals surface area (Å²) in [4.78, 5) is 25.1. The van der Waals surface area contributed by atoms with Crippen LogP contribution in [0.25, 0.3) is 0 Å². The molecular weight excluding hydrogens is 642 g/mol. The summed E-state index contributed by atoms with van der Waals surface area (Å²) in [5.41, 5.74) is 4.64. The Labute approximate surface area is 241 Å². The van der Waals surface area contributed by atoms with Gasteiger partial charge in [0, 0.05) is 11.3 Å². The lowest BCUT2D eigenvalue weighted by Gasteiger charge is -2.30. The van der Waals surface area contributed by atoms with Crippen molar-refractivity contribution in [1.82, 2.24) is 16.1 Å². The van der Waals surface area contributed by atoms with Crippen LogP contribution in [0.3, 0.4) is 0 Å². The molecule has 3 N–H and O–H groups in total. The molecule has 0 radical (unpaired) electrons. The highest BCUT2D eigenvalue weighted by atomic mass is 79.9. The maximum atomic E-state index is 12.7. The second kappa shape index (κ2) is 13.9. The predicted octanol–water partition coefficient (Wildman–Crippen LogP) is 4.00. The number of amides is 1. The maximum Gasteiger partial charge on any atom is 0.338 e. The van der Waals surface area contributed by atoms with Crippen LogP contribution in [0.15, 0.2) is 61.7 Å². The predicted molar refractivity (Wildman–Crippen MR) is 152 cm³/mol. The second-order valence-corrected chi connectivity index (χ2v) is 9.79. The number of ether oxygens (including phenoxy) is 3. The highest BCUT2D eigenvalue weighted by Crippen LogP contribution is 2.35. The molecule has 1 amide bonds. The maximum absolute atomic E-state index is 12.7. The molecule has 0 saturated heterocycles. The summed E-state index contributed by atoms with van der Waals surface area (Å²) < 4.78 is 17.6. The summed E-state index contributed by atoms with van der Waals surface area (Å²) in [5, 5.41) is 19.0. The van der Waals surface area contributed by atoms with Gasteiger partial charge in [0.05, 0.1) is 33.4 Å². The first-order valence-electron chi connectivity index (χ1n) is 11.2. The van der Waals surface area contributed by atoms with Crippen molar-refractivity contribution in [2.75, 3.05) is 19.8 Å². The fourth-order valence-corrected chi connectivity index (χ4v) is 5.23. The summed E-state index contributed by atoms with van der Waals surface area (Å²) in [6.07, 6.45) is 1.45. The molecule has 1 atom stereocenters. The average molecular weight is 665 g/mol. The fourth-order valence-electron chi connectivity index (χ4n) is 3.51. The van der Waals surface area contributed by atoms with Crippen LogP contribution in [0.4, 0.5) is 0 Å². The van der Waals surface area contributed by atoms with Crippen molar-refractivity contribution in [1.29, 1.82) is 5.26 Å². The minimum absolute atomic E-state index is 0.0930. The number of nitrogens with one attached hydrogen (secondary N) is 3. The van der Waals surface area contributed by atoms with E-state index in [1.807, 2.05) is 6.07 Å². The molecule has 0 spiro atoms. The third-order valence-electron chi connectivity index (χ3n) is 5.06. The summed E-state index contributed by atoms with van der Waals surface area (Å²) in [5.74, 6) is -0.0965. The second-order valence-electron chi connectivity index (χ2n) is 7.67. The number of para-hydroxylation sites is 1. The molecule has 2 aromatic carbocycles. The van der Waals surface area contributed by atoms with Gasteiger partial charge in [0.15, 0.2) is 18.3 Å². The average Bonchev–Trinajstić information content (AvgIpc) is 2.87. The molecule has 0 unspecified atom stereocenters. The monoisotopic (exact) mass is 663 g/mol. The molecule has 0 fully saturated rings. The van der Waals surface area contributed by atoms with Gasteiger partial charge in [-0.05, 0) is 81.7 Å². The first-order chi connectivity index (χ1) is 18.2. The van der Waals surface area contributed by atoms with Gasteiger partial charge in [-0.2, -0.15) is 10.4 Å². The van der Waals surface area contributed by atoms with Crippen LogP contribution >= 0.6 is 44.1 Å². The number of carbonyl (C=O) groups is 2. The number of nitriles is 1. The molecule has 2 aromatic rings. The lowest BCUT2D eigenvalue weighted by atomic mass is 9.95. The van der Waals surface area contributed by atoms with Crippen LogP contribution in [-0.2, 0) is 14.3 Å². The van der Waals surface area contributed by atoms with E-state index in [0.29, 0.717) is 48.0 Å². The number of esters is 1. The van der Waals surface area contributed by atoms with E-state index in [9.17, 15) is 9.59 Å². The van der Waals surface area contributed by atoms with Gasteiger partial charge in [0.25, 0.3) is 5.91 Å². The Morgan fingerprint density at radius 3 is 2.63 bits per heavy atom. The van der Waals surface area contributed by atoms with Crippen LogP contribution < -0.4 is 25.5 Å². The Bertz CT molecular complexity index is 1320. The number of rotatable bonds is 10. The zero-order valence-electron chi connectivity index (χ0n) is 20.3. The van der Waals surface area contributed by atoms with Gasteiger partial charge in [-0.25, -0.2) is 10.2 Å². The zero-order chi connectivity index (χ0) is 27.7. The molecule has 198 valence electrons. The third kappa shape index (κ3) is 7.53. The number of nitrogens with zero attached hydrogens (tertiary/aromatic N) is 2. The molecule has 0 bridgehead atoms. The Balaban J connectivity index is 1.68. The number of hydrogen-bond acceptors (Lipinski definition) is 8. The molecule has 1 aliphatic heterocycles. The summed E-state index contributed by atoms with van der Waals surface area (Å²) in [6.45, 7) is 3.27. The van der Waals surface area contributed by atoms with Gasteiger partial charge in [-0.1, -0.05) is 18.2 Å². The Morgan fingerprint density at radius 1 is 1.24 bits per heavy atom. The number of thiocarbonyl (C=S) groups is 1. The van der Waals surface area contributed by atoms with Gasteiger partial charge in [0.1, 0.15) is 17.6 Å². The highest BCUT2D eigenvalue weighted by molar-refractivity contribution is 9.11. The quantitative estimate of drug-likeness (QED) is 0.149. The fraction of sp³-hybridized carbons (Fsp3) is 0.240. The topological polar surface area (TPSA) is 134 Å². The third-order valence-corrected chi connectivity index (χ3v) is 6.46. The van der Waals surface area contributed by atoms with Gasteiger partial charge >= 0.3 is 5.97 Å². The smallest absolute Gasteiger partial charge is 0.338 e. The van der Waals surface area contributed by atoms with Crippen LogP contribution in [0.5, 0.6) is 11.5 Å². The molecule has 0 aromatic heterocycles. The summed E-state index contributed by atoms with van der Waals surface area (Å²) >= 11 is 12.1. The largest absolute Gasteiger partial charge is 0.483 e. The number of carbonyl (C=O) groups excluding carboxylic acids is 2. The van der Waals surface area contributed by atoms with E-state index in [1.54, 1.807) is 50.2 Å². The van der Waals surface area contributed by atoms with Gasteiger partial charge < -0.3 is 24.8 Å². The zero-order valence-corrected chi connectivity index (χ0v) is 24.3. The SMILES string of the molecule is CCOC(=O)C1=C(C)NC(=S)N[C@H]1c1ccccc1OCC(=O)NN=Cc1cc(Br)c(OCC#N)c(Br)c1. The Kier molecular flexibility index (Phi) is 10.6. The van der Waals surface area contributed by atoms with Crippen molar-refractivity contribution in [3.8, 4) is 17.6 Å². The van der Waals surface area contributed by atoms with Crippen molar-refractivity contribution >= 4 is 67.3 Å². The summed E-state index contributed by atoms with van der Waals surface area (Å²) in [7, 11) is 0. The molecule has 38 heavy (non-hydrogen) atoms. The van der Waals surface area contributed by atoms with Crippen LogP contribution in [0, 0.1) is 11.3 Å². The van der Waals surface area contributed by atoms with E-state index in [0.717, 1.165) is 0 Å². The Hall–Kier alpha value is -3.47. The molecule has 3 rings (SSSR count). The van der Waals surface area contributed by atoms with Gasteiger partial charge in [0.2, 0.25) is 0 Å². The van der Waals surface area contributed by atoms with Gasteiger partial charge in [-0.15, -0.1) is 0 Å². The van der Waals surface area contributed by atoms with Crippen molar-refractivity contribution in [2.45, 2.75) is 19.9 Å². The minimum Gasteiger partial charge on any atom is -0.483 e. The number of allylic oxidation sites excluding steroid dienone is 1. The lowest BCUT2D eigenvalue weighted by Crippen LogP contribution is -2.45. The standard InChI is InChI=1S/C25H23Br2N5O5S/c1-3-35-24(34)21-14(2)30-25(38)31-22(21)16-6-4-5-7-19(16)37-13-20(33)32-29-12-15-10-17(26)23(18(27)11-15)36-9-8-28/h4-7,10-12,22H,3,9,13H2,1-2H3,(H,32,33)(H2,30,31,38)/t22-/m0/s1. The van der Waals surface area contributed by atoms with Gasteiger partial charge in [-0.3, -0.25) is 4.79 Å². The molecule has 0 saturated carbocycles. The highest BCUT2D eigenvalue weighted by Gasteiger charge is 2.32. The minimum atomic E-state index is -0.628. The number of halogens is 2. The molecule has 1 heterocycles. The number of hydrazone groups is 1. The first-order valence-corrected chi connectivity index (χ1v) is 13.2. The molecular formula is C25H23Br2N5O5S. The van der Waals surface area contributed by atoms with Crippen molar-refractivity contribution in [3.05, 3.63) is 67.7 Å². The van der Waals surface area contributed by atoms with E-state index < -0.39 is 17.9 Å². The van der Waals surface area contributed by atoms with E-state index in [4.69, 9.17) is 31.7 Å². The van der Waals surface area contributed by atoms with E-state index in [1.165, 1.54) is 6.21 Å². The van der Waals surface area contributed by atoms with E-state index >= 15 is 0 Å².